The zero-order valence-corrected chi connectivity index (χ0v) is 14.6. The molecule has 5 nitrogen and oxygen atoms in total. The maximum absolute atomic E-state index is 11.9. The molecule has 0 aliphatic rings. The zero-order valence-electron chi connectivity index (χ0n) is 11.4. The van der Waals surface area contributed by atoms with E-state index in [2.05, 4.69) is 26.2 Å². The summed E-state index contributed by atoms with van der Waals surface area (Å²) in [4.78, 5) is 28.5. The van der Waals surface area contributed by atoms with Gasteiger partial charge in [0.2, 0.25) is 0 Å². The molecule has 0 fully saturated rings. The van der Waals surface area contributed by atoms with Crippen molar-refractivity contribution in [1.29, 1.82) is 0 Å². The van der Waals surface area contributed by atoms with Crippen molar-refractivity contribution in [2.45, 2.75) is 20.0 Å². The van der Waals surface area contributed by atoms with Gasteiger partial charge in [0.15, 0.2) is 0 Å². The van der Waals surface area contributed by atoms with Gasteiger partial charge in [0.25, 0.3) is 5.91 Å². The number of nitrogens with one attached hydrogen (secondary N) is 1. The monoisotopic (exact) mass is 388 g/mol. The number of hydrogen-bond donors (Lipinski definition) is 1. The Morgan fingerprint density at radius 3 is 2.76 bits per heavy atom. The fourth-order valence-corrected chi connectivity index (χ4v) is 3.77. The minimum absolute atomic E-state index is 0.158. The lowest BCUT2D eigenvalue weighted by atomic mass is 10.4. The molecule has 0 aliphatic heterocycles. The summed E-state index contributed by atoms with van der Waals surface area (Å²) in [5, 5.41) is 6.91. The topological polar surface area (TPSA) is 68.3 Å². The standard InChI is InChI=1S/C13H13BrN2O3S2/c1-7(2)19-11(17)4-15-12(18)9-6-21-13(16-9)10-3-8(14)5-20-10/h3,5-7H,4H2,1-2H3,(H,15,18). The number of thiophene rings is 1. The number of halogens is 1. The average molecular weight is 389 g/mol. The summed E-state index contributed by atoms with van der Waals surface area (Å²) < 4.78 is 5.92. The summed E-state index contributed by atoms with van der Waals surface area (Å²) in [5.74, 6) is -0.843. The maximum atomic E-state index is 11.9. The van der Waals surface area contributed by atoms with Gasteiger partial charge in [0, 0.05) is 15.2 Å². The molecule has 2 aromatic heterocycles. The third-order valence-electron chi connectivity index (χ3n) is 2.28. The van der Waals surface area contributed by atoms with Crippen LogP contribution < -0.4 is 5.32 Å². The molecule has 0 bridgehead atoms. The Kier molecular flexibility index (Phi) is 5.49. The lowest BCUT2D eigenvalue weighted by Crippen LogP contribution is -2.31. The number of esters is 1. The lowest BCUT2D eigenvalue weighted by Gasteiger charge is -2.07. The Morgan fingerprint density at radius 1 is 1.38 bits per heavy atom. The SMILES string of the molecule is CC(C)OC(=O)CNC(=O)c1csc(-c2cc(Br)cs2)n1. The second kappa shape index (κ2) is 7.15. The van der Waals surface area contributed by atoms with Crippen LogP contribution in [0.2, 0.25) is 0 Å². The minimum atomic E-state index is -0.462. The van der Waals surface area contributed by atoms with Crippen LogP contribution in [0.1, 0.15) is 24.3 Å². The molecule has 0 saturated carbocycles. The summed E-state index contributed by atoms with van der Waals surface area (Å²) in [6.07, 6.45) is -0.197. The third kappa shape index (κ3) is 4.62. The van der Waals surface area contributed by atoms with Crippen molar-refractivity contribution in [3.63, 3.8) is 0 Å². The molecule has 2 rings (SSSR count). The Labute approximate surface area is 138 Å². The van der Waals surface area contributed by atoms with Crippen LogP contribution in [0.4, 0.5) is 0 Å². The largest absolute Gasteiger partial charge is 0.462 e. The molecule has 0 aromatic carbocycles. The number of hydrogen-bond acceptors (Lipinski definition) is 6. The first-order valence-corrected chi connectivity index (χ1v) is 8.68. The van der Waals surface area contributed by atoms with Crippen LogP contribution in [-0.2, 0) is 9.53 Å². The van der Waals surface area contributed by atoms with Crippen LogP contribution in [-0.4, -0.2) is 29.5 Å². The van der Waals surface area contributed by atoms with E-state index < -0.39 is 5.97 Å². The van der Waals surface area contributed by atoms with Crippen molar-refractivity contribution in [2.24, 2.45) is 0 Å². The van der Waals surface area contributed by atoms with E-state index in [0.29, 0.717) is 5.69 Å². The van der Waals surface area contributed by atoms with Gasteiger partial charge in [0.1, 0.15) is 17.2 Å². The van der Waals surface area contributed by atoms with Crippen LogP contribution in [0, 0.1) is 0 Å². The number of ether oxygens (including phenoxy) is 1. The van der Waals surface area contributed by atoms with E-state index >= 15 is 0 Å². The molecule has 1 amide bonds. The van der Waals surface area contributed by atoms with Crippen molar-refractivity contribution >= 4 is 50.5 Å². The van der Waals surface area contributed by atoms with E-state index in [-0.39, 0.29) is 18.6 Å². The van der Waals surface area contributed by atoms with Gasteiger partial charge in [-0.05, 0) is 35.8 Å². The first kappa shape index (κ1) is 16.1. The van der Waals surface area contributed by atoms with Gasteiger partial charge in [0.05, 0.1) is 11.0 Å². The van der Waals surface area contributed by atoms with E-state index in [1.54, 1.807) is 30.6 Å². The van der Waals surface area contributed by atoms with Crippen molar-refractivity contribution in [1.82, 2.24) is 10.3 Å². The molecule has 8 heteroatoms. The van der Waals surface area contributed by atoms with E-state index in [9.17, 15) is 9.59 Å². The molecule has 0 radical (unpaired) electrons. The molecule has 21 heavy (non-hydrogen) atoms. The Bertz CT molecular complexity index is 651. The molecule has 1 N–H and O–H groups in total. The first-order valence-electron chi connectivity index (χ1n) is 6.13. The number of carbonyl (C=O) groups is 2. The predicted molar refractivity (Wildman–Crippen MR) is 86.7 cm³/mol. The van der Waals surface area contributed by atoms with Gasteiger partial charge in [-0.3, -0.25) is 9.59 Å². The van der Waals surface area contributed by atoms with Crippen LogP contribution >= 0.6 is 38.6 Å². The number of rotatable bonds is 5. The normalized spacial score (nSPS) is 10.7. The molecule has 0 saturated heterocycles. The average Bonchev–Trinajstić information content (AvgIpc) is 3.03. The Hall–Kier alpha value is -1.25. The van der Waals surface area contributed by atoms with Crippen molar-refractivity contribution < 1.29 is 14.3 Å². The van der Waals surface area contributed by atoms with Gasteiger partial charge in [-0.15, -0.1) is 22.7 Å². The van der Waals surface area contributed by atoms with Crippen molar-refractivity contribution in [3.8, 4) is 9.88 Å². The third-order valence-corrected chi connectivity index (χ3v) is 4.98. The fourth-order valence-electron chi connectivity index (χ4n) is 1.46. The Balaban J connectivity index is 1.95. The molecule has 0 spiro atoms. The number of carbonyl (C=O) groups excluding carboxylic acids is 2. The van der Waals surface area contributed by atoms with Crippen LogP contribution in [0.3, 0.4) is 0 Å². The molecule has 0 unspecified atom stereocenters. The highest BCUT2D eigenvalue weighted by atomic mass is 79.9. The predicted octanol–water partition coefficient (Wildman–Crippen LogP) is 3.32. The molecular weight excluding hydrogens is 376 g/mol. The molecule has 0 atom stereocenters. The van der Waals surface area contributed by atoms with Crippen molar-refractivity contribution in [2.75, 3.05) is 6.54 Å². The van der Waals surface area contributed by atoms with Crippen LogP contribution in [0.25, 0.3) is 9.88 Å². The second-order valence-corrected chi connectivity index (χ2v) is 7.07. The minimum Gasteiger partial charge on any atom is -0.462 e. The maximum Gasteiger partial charge on any atom is 0.325 e. The van der Waals surface area contributed by atoms with Gasteiger partial charge in [-0.2, -0.15) is 0 Å². The highest BCUT2D eigenvalue weighted by Crippen LogP contribution is 2.31. The van der Waals surface area contributed by atoms with Gasteiger partial charge < -0.3 is 10.1 Å². The van der Waals surface area contributed by atoms with E-state index in [1.807, 2.05) is 11.4 Å². The van der Waals surface area contributed by atoms with Gasteiger partial charge >= 0.3 is 5.97 Å². The highest BCUT2D eigenvalue weighted by molar-refractivity contribution is 9.10. The summed E-state index contributed by atoms with van der Waals surface area (Å²) in [7, 11) is 0. The van der Waals surface area contributed by atoms with Crippen LogP contribution in [0.5, 0.6) is 0 Å². The molecule has 2 heterocycles. The van der Waals surface area contributed by atoms with Gasteiger partial charge in [-0.25, -0.2) is 4.98 Å². The summed E-state index contributed by atoms with van der Waals surface area (Å²) in [6.45, 7) is 3.35. The second-order valence-electron chi connectivity index (χ2n) is 4.39. The molecule has 112 valence electrons. The Morgan fingerprint density at radius 2 is 2.14 bits per heavy atom. The lowest BCUT2D eigenvalue weighted by molar-refractivity contribution is -0.146. The molecule has 2 aromatic rings. The van der Waals surface area contributed by atoms with Crippen LogP contribution in [0.15, 0.2) is 21.3 Å². The smallest absolute Gasteiger partial charge is 0.325 e. The summed E-state index contributed by atoms with van der Waals surface area (Å²) in [6, 6.07) is 1.95. The first-order chi connectivity index (χ1) is 9.95. The van der Waals surface area contributed by atoms with Gasteiger partial charge in [-0.1, -0.05) is 0 Å². The van der Waals surface area contributed by atoms with E-state index in [1.165, 1.54) is 11.3 Å². The molecular formula is C13H13BrN2O3S2. The molecule has 0 aliphatic carbocycles. The van der Waals surface area contributed by atoms with E-state index in [0.717, 1.165) is 14.4 Å². The highest BCUT2D eigenvalue weighted by Gasteiger charge is 2.14. The summed E-state index contributed by atoms with van der Waals surface area (Å²) in [5.41, 5.74) is 0.303. The number of aromatic nitrogens is 1. The zero-order chi connectivity index (χ0) is 15.4. The summed E-state index contributed by atoms with van der Waals surface area (Å²) >= 11 is 6.32. The number of amides is 1. The number of nitrogens with zero attached hydrogens (tertiary/aromatic N) is 1. The quantitative estimate of drug-likeness (QED) is 0.797. The fraction of sp³-hybridized carbons (Fsp3) is 0.308. The number of thiazole rings is 1. The van der Waals surface area contributed by atoms with Crippen molar-refractivity contribution in [3.05, 3.63) is 27.0 Å². The van der Waals surface area contributed by atoms with E-state index in [4.69, 9.17) is 4.74 Å².